The third-order valence-corrected chi connectivity index (χ3v) is 2.79. The van der Waals surface area contributed by atoms with Crippen molar-refractivity contribution in [3.05, 3.63) is 66.5 Å². The van der Waals surface area contributed by atoms with Crippen molar-refractivity contribution in [2.24, 2.45) is 0 Å². The maximum absolute atomic E-state index is 3.90. The van der Waals surface area contributed by atoms with E-state index >= 15 is 0 Å². The number of nitrogens with zero attached hydrogens (tertiary/aromatic N) is 1. The van der Waals surface area contributed by atoms with Crippen LogP contribution in [-0.2, 0) is 0 Å². The summed E-state index contributed by atoms with van der Waals surface area (Å²) in [5, 5.41) is 0. The number of benzene rings is 1. The quantitative estimate of drug-likeness (QED) is 0.647. The highest BCUT2D eigenvalue weighted by Gasteiger charge is 2.06. The van der Waals surface area contributed by atoms with Crippen molar-refractivity contribution < 1.29 is 0 Å². The summed E-state index contributed by atoms with van der Waals surface area (Å²) in [4.78, 5) is 2.12. The van der Waals surface area contributed by atoms with Crippen LogP contribution in [0.4, 0.5) is 5.69 Å². The maximum Gasteiger partial charge on any atom is 0.0451 e. The van der Waals surface area contributed by atoms with Gasteiger partial charge in [0.2, 0.25) is 0 Å². The molecule has 0 radical (unpaired) electrons. The van der Waals surface area contributed by atoms with Gasteiger partial charge in [-0.2, -0.15) is 0 Å². The zero-order chi connectivity index (χ0) is 12.7. The van der Waals surface area contributed by atoms with Gasteiger partial charge in [0.15, 0.2) is 0 Å². The molecule has 1 aromatic carbocycles. The van der Waals surface area contributed by atoms with Crippen LogP contribution in [-0.4, -0.2) is 0 Å². The second-order valence-corrected chi connectivity index (χ2v) is 3.85. The molecule has 0 aromatic heterocycles. The Bertz CT molecular complexity index is 412. The van der Waals surface area contributed by atoms with Crippen LogP contribution in [0.5, 0.6) is 0 Å². The van der Waals surface area contributed by atoms with Gasteiger partial charge in [0.1, 0.15) is 0 Å². The monoisotopic (exact) mass is 227 g/mol. The Labute approximate surface area is 105 Å². The summed E-state index contributed by atoms with van der Waals surface area (Å²) < 4.78 is 0. The molecular weight excluding hydrogens is 206 g/mol. The largest absolute Gasteiger partial charge is 0.322 e. The first kappa shape index (κ1) is 13.3. The summed E-state index contributed by atoms with van der Waals surface area (Å²) in [5.41, 5.74) is 3.71. The van der Waals surface area contributed by atoms with E-state index in [1.54, 1.807) is 0 Å². The zero-order valence-corrected chi connectivity index (χ0v) is 11.0. The molecule has 1 aromatic rings. The highest BCUT2D eigenvalue weighted by atomic mass is 15.1. The Balaban J connectivity index is 3.14. The van der Waals surface area contributed by atoms with Crippen LogP contribution in [0.3, 0.4) is 0 Å². The Morgan fingerprint density at radius 2 is 1.94 bits per heavy atom. The summed E-state index contributed by atoms with van der Waals surface area (Å²) in [5.74, 6) is 0. The molecule has 0 amide bonds. The second kappa shape index (κ2) is 6.74. The van der Waals surface area contributed by atoms with E-state index in [1.165, 1.54) is 11.3 Å². The van der Waals surface area contributed by atoms with Crippen molar-refractivity contribution in [1.29, 1.82) is 0 Å². The maximum atomic E-state index is 3.90. The lowest BCUT2D eigenvalue weighted by Gasteiger charge is -2.23. The predicted molar refractivity (Wildman–Crippen MR) is 76.9 cm³/mol. The van der Waals surface area contributed by atoms with Gasteiger partial charge in [0.05, 0.1) is 0 Å². The van der Waals surface area contributed by atoms with Gasteiger partial charge in [-0.05, 0) is 38.0 Å². The van der Waals surface area contributed by atoms with Gasteiger partial charge < -0.3 is 4.90 Å². The molecule has 0 atom stereocenters. The van der Waals surface area contributed by atoms with E-state index in [2.05, 4.69) is 49.6 Å². The van der Waals surface area contributed by atoms with Crippen molar-refractivity contribution in [1.82, 2.24) is 0 Å². The van der Waals surface area contributed by atoms with Crippen LogP contribution in [0.25, 0.3) is 0 Å². The summed E-state index contributed by atoms with van der Waals surface area (Å²) >= 11 is 0. The lowest BCUT2D eigenvalue weighted by atomic mass is 10.1. The smallest absolute Gasteiger partial charge is 0.0451 e. The molecular formula is C16H21N. The minimum atomic E-state index is 1.02. The highest BCUT2D eigenvalue weighted by Crippen LogP contribution is 2.22. The molecule has 0 saturated heterocycles. The summed E-state index contributed by atoms with van der Waals surface area (Å²) in [6.45, 7) is 10.3. The zero-order valence-electron chi connectivity index (χ0n) is 11.0. The molecule has 1 rings (SSSR count). The van der Waals surface area contributed by atoms with E-state index in [0.29, 0.717) is 0 Å². The molecule has 90 valence electrons. The van der Waals surface area contributed by atoms with Crippen molar-refractivity contribution in [2.45, 2.75) is 27.2 Å². The van der Waals surface area contributed by atoms with Gasteiger partial charge in [-0.25, -0.2) is 0 Å². The Kier molecular flexibility index (Phi) is 5.28. The molecule has 17 heavy (non-hydrogen) atoms. The van der Waals surface area contributed by atoms with Crippen LogP contribution in [0.15, 0.2) is 66.5 Å². The first-order chi connectivity index (χ1) is 8.24. The van der Waals surface area contributed by atoms with Gasteiger partial charge >= 0.3 is 0 Å². The first-order valence-electron chi connectivity index (χ1n) is 6.03. The van der Waals surface area contributed by atoms with Gasteiger partial charge in [0, 0.05) is 17.6 Å². The minimum absolute atomic E-state index is 1.02. The van der Waals surface area contributed by atoms with Gasteiger partial charge in [0.25, 0.3) is 0 Å². The van der Waals surface area contributed by atoms with Crippen LogP contribution in [0.1, 0.15) is 27.2 Å². The summed E-state index contributed by atoms with van der Waals surface area (Å²) in [6, 6.07) is 10.3. The molecule has 1 heteroatoms. The Morgan fingerprint density at radius 1 is 1.29 bits per heavy atom. The number of allylic oxidation sites excluding steroid dienone is 4. The molecule has 0 aliphatic heterocycles. The van der Waals surface area contributed by atoms with E-state index in [-0.39, 0.29) is 0 Å². The Morgan fingerprint density at radius 3 is 2.41 bits per heavy atom. The molecule has 0 saturated carbocycles. The Hall–Kier alpha value is -1.76. The third-order valence-electron chi connectivity index (χ3n) is 2.79. The van der Waals surface area contributed by atoms with Crippen molar-refractivity contribution in [3.8, 4) is 0 Å². The van der Waals surface area contributed by atoms with Crippen LogP contribution < -0.4 is 4.90 Å². The highest BCUT2D eigenvalue weighted by molar-refractivity contribution is 5.55. The fourth-order valence-corrected chi connectivity index (χ4v) is 1.87. The molecule has 0 bridgehead atoms. The SMILES string of the molecule is C=CN(/C(C)=C(/C=C\C)CC)c1ccccc1. The normalized spacial score (nSPS) is 12.4. The lowest BCUT2D eigenvalue weighted by molar-refractivity contribution is 1.04. The fraction of sp³-hybridized carbons (Fsp3) is 0.250. The van der Waals surface area contributed by atoms with Gasteiger partial charge in [-0.3, -0.25) is 0 Å². The van der Waals surface area contributed by atoms with Crippen molar-refractivity contribution in [3.63, 3.8) is 0 Å². The van der Waals surface area contributed by atoms with E-state index in [1.807, 2.05) is 31.3 Å². The number of hydrogen-bond donors (Lipinski definition) is 0. The van der Waals surface area contributed by atoms with E-state index in [0.717, 1.165) is 12.1 Å². The number of hydrogen-bond acceptors (Lipinski definition) is 1. The topological polar surface area (TPSA) is 3.24 Å². The second-order valence-electron chi connectivity index (χ2n) is 3.85. The average Bonchev–Trinajstić information content (AvgIpc) is 2.38. The van der Waals surface area contributed by atoms with Crippen LogP contribution >= 0.6 is 0 Å². The fourth-order valence-electron chi connectivity index (χ4n) is 1.87. The van der Waals surface area contributed by atoms with E-state index in [4.69, 9.17) is 0 Å². The number of rotatable bonds is 5. The molecule has 0 fully saturated rings. The molecule has 0 heterocycles. The molecule has 0 N–H and O–H groups in total. The first-order valence-corrected chi connectivity index (χ1v) is 6.03. The molecule has 1 nitrogen and oxygen atoms in total. The molecule has 0 aliphatic carbocycles. The molecule has 0 unspecified atom stereocenters. The molecule has 0 aliphatic rings. The van der Waals surface area contributed by atoms with Gasteiger partial charge in [-0.15, -0.1) is 0 Å². The van der Waals surface area contributed by atoms with E-state index in [9.17, 15) is 0 Å². The predicted octanol–water partition coefficient (Wildman–Crippen LogP) is 4.90. The van der Waals surface area contributed by atoms with Crippen LogP contribution in [0.2, 0.25) is 0 Å². The molecule has 0 spiro atoms. The van der Waals surface area contributed by atoms with Crippen molar-refractivity contribution in [2.75, 3.05) is 4.90 Å². The standard InChI is InChI=1S/C16H21N/c1-5-11-15(6-2)14(4)17(7-3)16-12-9-8-10-13-16/h5,7-13H,3,6H2,1-2,4H3/b11-5-,15-14+. The average molecular weight is 227 g/mol. The number of anilines is 1. The summed E-state index contributed by atoms with van der Waals surface area (Å²) in [6.07, 6.45) is 7.13. The summed E-state index contributed by atoms with van der Waals surface area (Å²) in [7, 11) is 0. The van der Waals surface area contributed by atoms with Crippen molar-refractivity contribution >= 4 is 5.69 Å². The van der Waals surface area contributed by atoms with E-state index < -0.39 is 0 Å². The minimum Gasteiger partial charge on any atom is -0.322 e. The third kappa shape index (κ3) is 3.35. The number of para-hydroxylation sites is 1. The lowest BCUT2D eigenvalue weighted by Crippen LogP contribution is -2.14. The van der Waals surface area contributed by atoms with Gasteiger partial charge in [-0.1, -0.05) is 43.9 Å². The van der Waals surface area contributed by atoms with Crippen LogP contribution in [0, 0.1) is 0 Å².